The molecule has 0 atom stereocenters. The first kappa shape index (κ1) is 13.3. The molecule has 1 amide bonds. The van der Waals surface area contributed by atoms with Gasteiger partial charge in [0.25, 0.3) is 0 Å². The fraction of sp³-hybridized carbons (Fsp3) is 0.154. The Morgan fingerprint density at radius 3 is 2.74 bits per heavy atom. The molecule has 2 aromatic rings. The fourth-order valence-corrected chi connectivity index (χ4v) is 1.56. The number of hydrogen-bond acceptors (Lipinski definition) is 4. The van der Waals surface area contributed by atoms with Gasteiger partial charge in [-0.15, -0.1) is 0 Å². The van der Waals surface area contributed by atoms with Gasteiger partial charge in [-0.1, -0.05) is 41.9 Å². The summed E-state index contributed by atoms with van der Waals surface area (Å²) in [4.78, 5) is 20.8. The summed E-state index contributed by atoms with van der Waals surface area (Å²) in [7, 11) is 1.56. The van der Waals surface area contributed by atoms with E-state index in [0.717, 1.165) is 5.56 Å². The largest absolute Gasteiger partial charge is 0.444 e. The molecule has 0 unspecified atom stereocenters. The molecule has 0 fully saturated rings. The van der Waals surface area contributed by atoms with Crippen LogP contribution in [0.25, 0.3) is 0 Å². The average molecular weight is 278 g/mol. The van der Waals surface area contributed by atoms with Crippen molar-refractivity contribution in [3.8, 4) is 0 Å². The Bertz CT molecular complexity index is 563. The van der Waals surface area contributed by atoms with Gasteiger partial charge < -0.3 is 4.74 Å². The zero-order valence-corrected chi connectivity index (χ0v) is 11.0. The summed E-state index contributed by atoms with van der Waals surface area (Å²) in [5.74, 6) is 0.387. The Kier molecular flexibility index (Phi) is 4.30. The summed E-state index contributed by atoms with van der Waals surface area (Å²) >= 11 is 5.74. The third kappa shape index (κ3) is 3.66. The van der Waals surface area contributed by atoms with Gasteiger partial charge in [-0.25, -0.2) is 14.8 Å². The Morgan fingerprint density at radius 1 is 1.32 bits per heavy atom. The summed E-state index contributed by atoms with van der Waals surface area (Å²) in [5.41, 5.74) is 0.921. The summed E-state index contributed by atoms with van der Waals surface area (Å²) < 4.78 is 5.17. The van der Waals surface area contributed by atoms with Crippen LogP contribution in [0.15, 0.2) is 42.7 Å². The number of rotatable bonds is 3. The number of aromatic nitrogens is 2. The normalized spacial score (nSPS) is 10.0. The van der Waals surface area contributed by atoms with Gasteiger partial charge >= 0.3 is 6.09 Å². The van der Waals surface area contributed by atoms with Crippen LogP contribution in [0.3, 0.4) is 0 Å². The Balaban J connectivity index is 1.96. The van der Waals surface area contributed by atoms with Gasteiger partial charge in [0.2, 0.25) is 0 Å². The lowest BCUT2D eigenvalue weighted by Gasteiger charge is -2.15. The lowest BCUT2D eigenvalue weighted by atomic mass is 10.2. The Morgan fingerprint density at radius 2 is 2.05 bits per heavy atom. The van der Waals surface area contributed by atoms with Gasteiger partial charge in [-0.3, -0.25) is 4.90 Å². The highest BCUT2D eigenvalue weighted by Gasteiger charge is 2.14. The molecular weight excluding hydrogens is 266 g/mol. The second-order valence-corrected chi connectivity index (χ2v) is 4.19. The third-order valence-corrected chi connectivity index (χ3v) is 2.65. The maximum Gasteiger partial charge on any atom is 0.415 e. The maximum absolute atomic E-state index is 11.8. The molecule has 98 valence electrons. The molecule has 1 aromatic carbocycles. The predicted octanol–water partition coefficient (Wildman–Crippen LogP) is 2.90. The van der Waals surface area contributed by atoms with E-state index < -0.39 is 6.09 Å². The first-order valence-corrected chi connectivity index (χ1v) is 5.96. The smallest absolute Gasteiger partial charge is 0.415 e. The lowest BCUT2D eigenvalue weighted by Crippen LogP contribution is -2.27. The van der Waals surface area contributed by atoms with Crippen LogP contribution < -0.4 is 4.90 Å². The molecule has 0 saturated carbocycles. The summed E-state index contributed by atoms with van der Waals surface area (Å²) in [6.07, 6.45) is 0.789. The number of anilines is 1. The minimum absolute atomic E-state index is 0.211. The van der Waals surface area contributed by atoms with Crippen LogP contribution in [0, 0.1) is 0 Å². The topological polar surface area (TPSA) is 55.3 Å². The standard InChI is InChI=1S/C13H12ClN3O2/c1-17(12-7-11(14)15-9-16-12)13(18)19-8-10-5-3-2-4-6-10/h2-7,9H,8H2,1H3. The minimum Gasteiger partial charge on any atom is -0.444 e. The Hall–Kier alpha value is -2.14. The third-order valence-electron chi connectivity index (χ3n) is 2.44. The van der Waals surface area contributed by atoms with E-state index in [-0.39, 0.29) is 11.8 Å². The van der Waals surface area contributed by atoms with Crippen LogP contribution in [-0.2, 0) is 11.3 Å². The molecule has 2 rings (SSSR count). The highest BCUT2D eigenvalue weighted by atomic mass is 35.5. The van der Waals surface area contributed by atoms with Gasteiger partial charge in [-0.2, -0.15) is 0 Å². The molecule has 0 N–H and O–H groups in total. The van der Waals surface area contributed by atoms with Crippen molar-refractivity contribution < 1.29 is 9.53 Å². The van der Waals surface area contributed by atoms with Crippen LogP contribution >= 0.6 is 11.6 Å². The van der Waals surface area contributed by atoms with E-state index in [9.17, 15) is 4.79 Å². The molecule has 0 saturated heterocycles. The van der Waals surface area contributed by atoms with E-state index in [4.69, 9.17) is 16.3 Å². The molecule has 0 radical (unpaired) electrons. The molecular formula is C13H12ClN3O2. The number of carbonyl (C=O) groups excluding carboxylic acids is 1. The molecule has 5 nitrogen and oxygen atoms in total. The van der Waals surface area contributed by atoms with Gasteiger partial charge in [0, 0.05) is 13.1 Å². The van der Waals surface area contributed by atoms with E-state index in [1.165, 1.54) is 17.3 Å². The number of halogens is 1. The van der Waals surface area contributed by atoms with Gasteiger partial charge in [0.05, 0.1) is 0 Å². The molecule has 0 bridgehead atoms. The summed E-state index contributed by atoms with van der Waals surface area (Å²) in [6, 6.07) is 10.9. The van der Waals surface area contributed by atoms with E-state index in [1.807, 2.05) is 30.3 Å². The molecule has 1 heterocycles. The molecule has 6 heteroatoms. The molecule has 0 aliphatic heterocycles. The maximum atomic E-state index is 11.8. The van der Waals surface area contributed by atoms with Crippen molar-refractivity contribution in [1.29, 1.82) is 0 Å². The van der Waals surface area contributed by atoms with E-state index >= 15 is 0 Å². The van der Waals surface area contributed by atoms with Crippen LogP contribution in [0.5, 0.6) is 0 Å². The van der Waals surface area contributed by atoms with E-state index in [1.54, 1.807) is 7.05 Å². The quantitative estimate of drug-likeness (QED) is 0.810. The second-order valence-electron chi connectivity index (χ2n) is 3.80. The van der Waals surface area contributed by atoms with Crippen molar-refractivity contribution in [2.75, 3.05) is 11.9 Å². The van der Waals surface area contributed by atoms with E-state index in [2.05, 4.69) is 9.97 Å². The average Bonchev–Trinajstić information content (AvgIpc) is 2.45. The number of hydrogen-bond donors (Lipinski definition) is 0. The van der Waals surface area contributed by atoms with Crippen molar-refractivity contribution in [2.45, 2.75) is 6.61 Å². The molecule has 1 aromatic heterocycles. The van der Waals surface area contributed by atoms with Gasteiger partial charge in [0.1, 0.15) is 23.9 Å². The van der Waals surface area contributed by atoms with Crippen molar-refractivity contribution in [3.63, 3.8) is 0 Å². The number of amides is 1. The van der Waals surface area contributed by atoms with E-state index in [0.29, 0.717) is 5.82 Å². The zero-order valence-electron chi connectivity index (χ0n) is 10.3. The van der Waals surface area contributed by atoms with Crippen LogP contribution in [0.2, 0.25) is 5.15 Å². The molecule has 0 aliphatic carbocycles. The van der Waals surface area contributed by atoms with Gasteiger partial charge in [0.15, 0.2) is 0 Å². The molecule has 0 spiro atoms. The van der Waals surface area contributed by atoms with Crippen LogP contribution in [0.4, 0.5) is 10.6 Å². The number of carbonyl (C=O) groups is 1. The molecule has 19 heavy (non-hydrogen) atoms. The summed E-state index contributed by atoms with van der Waals surface area (Å²) in [6.45, 7) is 0.211. The van der Waals surface area contributed by atoms with Crippen molar-refractivity contribution in [2.24, 2.45) is 0 Å². The highest BCUT2D eigenvalue weighted by molar-refractivity contribution is 6.29. The first-order valence-electron chi connectivity index (χ1n) is 5.59. The minimum atomic E-state index is -0.501. The Labute approximate surface area is 115 Å². The first-order chi connectivity index (χ1) is 9.16. The summed E-state index contributed by atoms with van der Waals surface area (Å²) in [5, 5.41) is 0.271. The SMILES string of the molecule is CN(C(=O)OCc1ccccc1)c1cc(Cl)ncn1. The monoisotopic (exact) mass is 277 g/mol. The van der Waals surface area contributed by atoms with Gasteiger partial charge in [-0.05, 0) is 5.56 Å². The zero-order chi connectivity index (χ0) is 13.7. The molecule has 0 aliphatic rings. The number of benzene rings is 1. The highest BCUT2D eigenvalue weighted by Crippen LogP contribution is 2.14. The predicted molar refractivity (Wildman–Crippen MR) is 72.1 cm³/mol. The van der Waals surface area contributed by atoms with Crippen molar-refractivity contribution in [1.82, 2.24) is 9.97 Å². The van der Waals surface area contributed by atoms with Crippen LogP contribution in [0.1, 0.15) is 5.56 Å². The second kappa shape index (κ2) is 6.15. The number of nitrogens with zero attached hydrogens (tertiary/aromatic N) is 3. The lowest BCUT2D eigenvalue weighted by molar-refractivity contribution is 0.148. The van der Waals surface area contributed by atoms with Crippen molar-refractivity contribution in [3.05, 3.63) is 53.4 Å². The van der Waals surface area contributed by atoms with Crippen LogP contribution in [-0.4, -0.2) is 23.1 Å². The van der Waals surface area contributed by atoms with Crippen molar-refractivity contribution >= 4 is 23.5 Å². The fourth-order valence-electron chi connectivity index (χ4n) is 1.42. The number of ether oxygens (including phenoxy) is 1.